The molecule has 158 valence electrons. The zero-order valence-corrected chi connectivity index (χ0v) is 15.9. The van der Waals surface area contributed by atoms with Gasteiger partial charge in [0.15, 0.2) is 5.76 Å². The molecular formula is C20H18F3N3O4. The number of benzene rings is 1. The molecule has 0 unspecified atom stereocenters. The first kappa shape index (κ1) is 21.2. The maximum Gasteiger partial charge on any atom is 0.573 e. The van der Waals surface area contributed by atoms with E-state index < -0.39 is 18.0 Å². The molecule has 0 N–H and O–H groups in total. The van der Waals surface area contributed by atoms with Crippen LogP contribution in [0.3, 0.4) is 0 Å². The lowest BCUT2D eigenvalue weighted by atomic mass is 10.2. The average Bonchev–Trinajstić information content (AvgIpc) is 3.37. The van der Waals surface area contributed by atoms with Crippen molar-refractivity contribution in [3.8, 4) is 17.4 Å². The molecule has 0 saturated heterocycles. The number of amides is 1. The van der Waals surface area contributed by atoms with Gasteiger partial charge in [-0.3, -0.25) is 4.79 Å². The minimum atomic E-state index is -4.83. The summed E-state index contributed by atoms with van der Waals surface area (Å²) in [5.74, 6) is -0.0131. The predicted octanol–water partition coefficient (Wildman–Crippen LogP) is 4.68. The van der Waals surface area contributed by atoms with Crippen molar-refractivity contribution in [2.24, 2.45) is 0 Å². The number of aromatic nitrogens is 2. The Labute approximate surface area is 169 Å². The highest BCUT2D eigenvalue weighted by molar-refractivity contribution is 5.92. The summed E-state index contributed by atoms with van der Waals surface area (Å²) < 4.78 is 52.3. The molecule has 3 rings (SSSR count). The first-order chi connectivity index (χ1) is 14.4. The van der Waals surface area contributed by atoms with Crippen LogP contribution in [0.1, 0.15) is 24.8 Å². The average molecular weight is 421 g/mol. The van der Waals surface area contributed by atoms with Crippen LogP contribution in [0.2, 0.25) is 0 Å². The molecule has 0 atom stereocenters. The second kappa shape index (κ2) is 9.29. The summed E-state index contributed by atoms with van der Waals surface area (Å²) in [5, 5.41) is 7.79. The fourth-order valence-electron chi connectivity index (χ4n) is 2.62. The molecule has 0 fully saturated rings. The molecule has 1 aromatic carbocycles. The highest BCUT2D eigenvalue weighted by atomic mass is 19.4. The Morgan fingerprint density at radius 3 is 2.70 bits per heavy atom. The Morgan fingerprint density at radius 1 is 1.20 bits per heavy atom. The fourth-order valence-corrected chi connectivity index (χ4v) is 2.62. The molecule has 0 aliphatic heterocycles. The number of ether oxygens (including phenoxy) is 1. The molecule has 0 aliphatic carbocycles. The van der Waals surface area contributed by atoms with Gasteiger partial charge in [0.1, 0.15) is 5.75 Å². The summed E-state index contributed by atoms with van der Waals surface area (Å²) in [6.07, 6.45) is -0.248. The Bertz CT molecular complexity index is 997. The van der Waals surface area contributed by atoms with Crippen molar-refractivity contribution in [1.29, 1.82) is 0 Å². The SMILES string of the molecule is CCCN(Cc1nnc(-c2ccco2)o1)C(=O)/C=C/c1ccccc1OC(F)(F)F. The summed E-state index contributed by atoms with van der Waals surface area (Å²) in [6.45, 7) is 2.33. The molecular weight excluding hydrogens is 403 g/mol. The van der Waals surface area contributed by atoms with Crippen LogP contribution >= 0.6 is 0 Å². The standard InChI is InChI=1S/C20H18F3N3O4/c1-2-11-26(13-17-24-25-19(29-17)16-8-5-12-28-16)18(27)10-9-14-6-3-4-7-15(14)30-20(21,22)23/h3-10,12H,2,11,13H2,1H3/b10-9+. The van der Waals surface area contributed by atoms with Crippen LogP contribution in [0, 0.1) is 0 Å². The number of para-hydroxylation sites is 1. The van der Waals surface area contributed by atoms with E-state index in [0.29, 0.717) is 18.7 Å². The van der Waals surface area contributed by atoms with E-state index in [2.05, 4.69) is 14.9 Å². The Morgan fingerprint density at radius 2 is 2.00 bits per heavy atom. The van der Waals surface area contributed by atoms with Crippen molar-refractivity contribution in [2.75, 3.05) is 6.54 Å². The molecule has 0 bridgehead atoms. The number of carbonyl (C=O) groups is 1. The summed E-state index contributed by atoms with van der Waals surface area (Å²) in [5.41, 5.74) is 0.123. The molecule has 3 aromatic rings. The lowest BCUT2D eigenvalue weighted by Gasteiger charge is -2.18. The molecule has 1 amide bonds. The Hall–Kier alpha value is -3.56. The zero-order valence-electron chi connectivity index (χ0n) is 15.9. The van der Waals surface area contributed by atoms with Gasteiger partial charge in [-0.15, -0.1) is 23.4 Å². The first-order valence-corrected chi connectivity index (χ1v) is 9.03. The van der Waals surface area contributed by atoms with Gasteiger partial charge >= 0.3 is 6.36 Å². The number of alkyl halides is 3. The van der Waals surface area contributed by atoms with Gasteiger partial charge in [0.2, 0.25) is 11.8 Å². The van der Waals surface area contributed by atoms with Crippen LogP contribution in [0.5, 0.6) is 5.75 Å². The van der Waals surface area contributed by atoms with Gasteiger partial charge in [-0.25, -0.2) is 0 Å². The van der Waals surface area contributed by atoms with Crippen LogP contribution < -0.4 is 4.74 Å². The van der Waals surface area contributed by atoms with E-state index in [0.717, 1.165) is 0 Å². The molecule has 0 saturated carbocycles. The van der Waals surface area contributed by atoms with Gasteiger partial charge in [-0.2, -0.15) is 0 Å². The van der Waals surface area contributed by atoms with E-state index in [4.69, 9.17) is 8.83 Å². The minimum Gasteiger partial charge on any atom is -0.459 e. The maximum absolute atomic E-state index is 12.6. The van der Waals surface area contributed by atoms with E-state index in [1.165, 1.54) is 41.5 Å². The number of nitrogens with zero attached hydrogens (tertiary/aromatic N) is 3. The van der Waals surface area contributed by atoms with Gasteiger partial charge in [0.25, 0.3) is 5.89 Å². The van der Waals surface area contributed by atoms with Crippen molar-refractivity contribution in [1.82, 2.24) is 15.1 Å². The third-order valence-corrected chi connectivity index (χ3v) is 3.88. The third-order valence-electron chi connectivity index (χ3n) is 3.88. The quantitative estimate of drug-likeness (QED) is 0.491. The van der Waals surface area contributed by atoms with E-state index >= 15 is 0 Å². The highest BCUT2D eigenvalue weighted by Gasteiger charge is 2.31. The minimum absolute atomic E-state index is 0.0470. The molecule has 2 heterocycles. The molecule has 30 heavy (non-hydrogen) atoms. The highest BCUT2D eigenvalue weighted by Crippen LogP contribution is 2.27. The van der Waals surface area contributed by atoms with Crippen molar-refractivity contribution >= 4 is 12.0 Å². The van der Waals surface area contributed by atoms with Gasteiger partial charge < -0.3 is 18.5 Å². The summed E-state index contributed by atoms with van der Waals surface area (Å²) in [7, 11) is 0. The van der Waals surface area contributed by atoms with E-state index in [1.54, 1.807) is 18.2 Å². The lowest BCUT2D eigenvalue weighted by molar-refractivity contribution is -0.274. The largest absolute Gasteiger partial charge is 0.573 e. The second-order valence-corrected chi connectivity index (χ2v) is 6.16. The third kappa shape index (κ3) is 5.72. The molecule has 7 nitrogen and oxygen atoms in total. The molecule has 0 aliphatic rings. The van der Waals surface area contributed by atoms with Crippen molar-refractivity contribution < 1.29 is 31.5 Å². The Kier molecular flexibility index (Phi) is 6.55. The summed E-state index contributed by atoms with van der Waals surface area (Å²) in [6, 6.07) is 8.90. The second-order valence-electron chi connectivity index (χ2n) is 6.16. The lowest BCUT2D eigenvalue weighted by Crippen LogP contribution is -2.29. The smallest absolute Gasteiger partial charge is 0.459 e. The maximum atomic E-state index is 12.6. The normalized spacial score (nSPS) is 11.7. The Balaban J connectivity index is 1.72. The van der Waals surface area contributed by atoms with E-state index in [-0.39, 0.29) is 23.9 Å². The zero-order chi connectivity index (χ0) is 21.6. The fraction of sp³-hybridized carbons (Fsp3) is 0.250. The number of rotatable bonds is 8. The van der Waals surface area contributed by atoms with Crippen LogP contribution in [-0.4, -0.2) is 33.9 Å². The van der Waals surface area contributed by atoms with Crippen molar-refractivity contribution in [3.63, 3.8) is 0 Å². The molecule has 10 heteroatoms. The summed E-state index contributed by atoms with van der Waals surface area (Å²) in [4.78, 5) is 14.1. The van der Waals surface area contributed by atoms with Gasteiger partial charge in [-0.05, 0) is 30.7 Å². The van der Waals surface area contributed by atoms with E-state index in [1.807, 2.05) is 6.92 Å². The van der Waals surface area contributed by atoms with Gasteiger partial charge in [0.05, 0.1) is 12.8 Å². The van der Waals surface area contributed by atoms with Gasteiger partial charge in [-0.1, -0.05) is 25.1 Å². The van der Waals surface area contributed by atoms with Crippen LogP contribution in [0.15, 0.2) is 57.6 Å². The molecule has 0 radical (unpaired) electrons. The van der Waals surface area contributed by atoms with Crippen LogP contribution in [0.4, 0.5) is 13.2 Å². The predicted molar refractivity (Wildman–Crippen MR) is 99.9 cm³/mol. The molecule has 2 aromatic heterocycles. The number of halogens is 3. The van der Waals surface area contributed by atoms with Crippen LogP contribution in [-0.2, 0) is 11.3 Å². The molecule has 0 spiro atoms. The van der Waals surface area contributed by atoms with Crippen molar-refractivity contribution in [3.05, 3.63) is 60.2 Å². The number of carbonyl (C=O) groups excluding carboxylic acids is 1. The van der Waals surface area contributed by atoms with Gasteiger partial charge in [0, 0.05) is 18.2 Å². The number of furan rings is 1. The first-order valence-electron chi connectivity index (χ1n) is 9.03. The van der Waals surface area contributed by atoms with Crippen molar-refractivity contribution in [2.45, 2.75) is 26.3 Å². The van der Waals surface area contributed by atoms with Crippen LogP contribution in [0.25, 0.3) is 17.7 Å². The van der Waals surface area contributed by atoms with E-state index in [9.17, 15) is 18.0 Å². The monoisotopic (exact) mass is 421 g/mol. The topological polar surface area (TPSA) is 81.6 Å². The summed E-state index contributed by atoms with van der Waals surface area (Å²) >= 11 is 0. The number of hydrogen-bond donors (Lipinski definition) is 0. The number of hydrogen-bond acceptors (Lipinski definition) is 6.